The standard InChI is InChI=1S/C13H24F3NO2/c1-11(2)17-8-12(5-7-19-9-12)4-3-6-18-10-13(14,15)16/h11,17H,3-10H2,1-2H3. The number of rotatable bonds is 8. The Balaban J connectivity index is 2.22. The Morgan fingerprint density at radius 1 is 1.37 bits per heavy atom. The van der Waals surface area contributed by atoms with Gasteiger partial charge in [-0.2, -0.15) is 13.2 Å². The van der Waals surface area contributed by atoms with Crippen LogP contribution in [0.25, 0.3) is 0 Å². The van der Waals surface area contributed by atoms with E-state index in [-0.39, 0.29) is 12.0 Å². The van der Waals surface area contributed by atoms with Crippen molar-refractivity contribution in [3.05, 3.63) is 0 Å². The molecule has 0 radical (unpaired) electrons. The van der Waals surface area contributed by atoms with Crippen molar-refractivity contribution in [3.63, 3.8) is 0 Å². The molecule has 0 aromatic rings. The van der Waals surface area contributed by atoms with Gasteiger partial charge in [0.05, 0.1) is 6.61 Å². The molecule has 1 atom stereocenters. The van der Waals surface area contributed by atoms with Crippen molar-refractivity contribution in [2.45, 2.75) is 45.3 Å². The smallest absolute Gasteiger partial charge is 0.381 e. The molecule has 0 bridgehead atoms. The van der Waals surface area contributed by atoms with Crippen LogP contribution in [0.3, 0.4) is 0 Å². The molecule has 0 aliphatic carbocycles. The first-order valence-electron chi connectivity index (χ1n) is 6.79. The van der Waals surface area contributed by atoms with E-state index in [2.05, 4.69) is 23.9 Å². The Bertz CT molecular complexity index is 251. The van der Waals surface area contributed by atoms with Gasteiger partial charge in [0, 0.05) is 31.2 Å². The molecular formula is C13H24F3NO2. The van der Waals surface area contributed by atoms with Crippen molar-refractivity contribution in [1.82, 2.24) is 5.32 Å². The molecule has 3 nitrogen and oxygen atoms in total. The molecule has 1 aliphatic heterocycles. The van der Waals surface area contributed by atoms with Crippen LogP contribution in [0.1, 0.15) is 33.1 Å². The average Bonchev–Trinajstić information content (AvgIpc) is 2.74. The minimum atomic E-state index is -4.23. The third-order valence-corrected chi connectivity index (χ3v) is 3.33. The zero-order chi connectivity index (χ0) is 14.4. The summed E-state index contributed by atoms with van der Waals surface area (Å²) in [6.45, 7) is 5.44. The number of nitrogens with one attached hydrogen (secondary N) is 1. The molecule has 1 heterocycles. The van der Waals surface area contributed by atoms with Crippen LogP contribution >= 0.6 is 0 Å². The van der Waals surface area contributed by atoms with E-state index in [1.165, 1.54) is 0 Å². The number of hydrogen-bond acceptors (Lipinski definition) is 3. The lowest BCUT2D eigenvalue weighted by molar-refractivity contribution is -0.174. The van der Waals surface area contributed by atoms with E-state index >= 15 is 0 Å². The molecule has 0 aromatic carbocycles. The highest BCUT2D eigenvalue weighted by molar-refractivity contribution is 4.85. The third kappa shape index (κ3) is 7.13. The average molecular weight is 283 g/mol. The number of halogens is 3. The molecule has 1 rings (SSSR count). The van der Waals surface area contributed by atoms with Crippen LogP contribution < -0.4 is 5.32 Å². The molecule has 114 valence electrons. The normalized spacial score (nSPS) is 24.3. The maximum Gasteiger partial charge on any atom is 0.411 e. The van der Waals surface area contributed by atoms with Crippen LogP contribution in [0.4, 0.5) is 13.2 Å². The molecule has 0 saturated carbocycles. The molecule has 1 aliphatic rings. The lowest BCUT2D eigenvalue weighted by Gasteiger charge is -2.29. The lowest BCUT2D eigenvalue weighted by atomic mass is 9.82. The van der Waals surface area contributed by atoms with E-state index in [1.54, 1.807) is 0 Å². The number of hydrogen-bond donors (Lipinski definition) is 1. The number of ether oxygens (including phenoxy) is 2. The van der Waals surface area contributed by atoms with E-state index in [0.717, 1.165) is 26.0 Å². The van der Waals surface area contributed by atoms with Crippen LogP contribution in [0, 0.1) is 5.41 Å². The molecule has 1 N–H and O–H groups in total. The molecule has 0 amide bonds. The van der Waals surface area contributed by atoms with Crippen molar-refractivity contribution in [2.75, 3.05) is 33.0 Å². The summed E-state index contributed by atoms with van der Waals surface area (Å²) < 4.78 is 45.8. The van der Waals surface area contributed by atoms with Gasteiger partial charge in [0.15, 0.2) is 0 Å². The van der Waals surface area contributed by atoms with Gasteiger partial charge in [-0.3, -0.25) is 0 Å². The third-order valence-electron chi connectivity index (χ3n) is 3.33. The number of alkyl halides is 3. The summed E-state index contributed by atoms with van der Waals surface area (Å²) in [5, 5.41) is 3.39. The van der Waals surface area contributed by atoms with E-state index in [0.29, 0.717) is 19.1 Å². The van der Waals surface area contributed by atoms with Crippen molar-refractivity contribution >= 4 is 0 Å². The van der Waals surface area contributed by atoms with Gasteiger partial charge in [0.2, 0.25) is 0 Å². The second-order valence-electron chi connectivity index (χ2n) is 5.61. The van der Waals surface area contributed by atoms with Gasteiger partial charge in [-0.15, -0.1) is 0 Å². The largest absolute Gasteiger partial charge is 0.411 e. The molecule has 1 unspecified atom stereocenters. The van der Waals surface area contributed by atoms with Crippen LogP contribution in [0.15, 0.2) is 0 Å². The summed E-state index contributed by atoms with van der Waals surface area (Å²) in [5.74, 6) is 0. The molecular weight excluding hydrogens is 259 g/mol. The molecule has 1 fully saturated rings. The molecule has 19 heavy (non-hydrogen) atoms. The Labute approximate surface area is 112 Å². The van der Waals surface area contributed by atoms with Crippen molar-refractivity contribution in [3.8, 4) is 0 Å². The lowest BCUT2D eigenvalue weighted by Crippen LogP contribution is -2.38. The van der Waals surface area contributed by atoms with Crippen LogP contribution in [-0.2, 0) is 9.47 Å². The Kier molecular flexibility index (Phi) is 6.56. The molecule has 1 saturated heterocycles. The fourth-order valence-electron chi connectivity index (χ4n) is 2.23. The van der Waals surface area contributed by atoms with Crippen LogP contribution in [0.2, 0.25) is 0 Å². The highest BCUT2D eigenvalue weighted by atomic mass is 19.4. The first-order valence-corrected chi connectivity index (χ1v) is 6.79. The predicted molar refractivity (Wildman–Crippen MR) is 67.1 cm³/mol. The minimum Gasteiger partial charge on any atom is -0.381 e. The summed E-state index contributed by atoms with van der Waals surface area (Å²) in [6, 6.07) is 0.402. The van der Waals surface area contributed by atoms with Crippen molar-refractivity contribution < 1.29 is 22.6 Å². The SMILES string of the molecule is CC(C)NCC1(CCCOCC(F)(F)F)CCOC1. The topological polar surface area (TPSA) is 30.5 Å². The summed E-state index contributed by atoms with van der Waals surface area (Å²) in [6.07, 6.45) is -1.79. The van der Waals surface area contributed by atoms with Gasteiger partial charge < -0.3 is 14.8 Å². The summed E-state index contributed by atoms with van der Waals surface area (Å²) >= 11 is 0. The van der Waals surface area contributed by atoms with Gasteiger partial charge >= 0.3 is 6.18 Å². The first-order chi connectivity index (χ1) is 8.83. The summed E-state index contributed by atoms with van der Waals surface area (Å²) in [5.41, 5.74) is 0.0614. The molecule has 0 spiro atoms. The first kappa shape index (κ1) is 16.7. The van der Waals surface area contributed by atoms with Crippen LogP contribution in [-0.4, -0.2) is 45.2 Å². The highest BCUT2D eigenvalue weighted by Gasteiger charge is 2.34. The second kappa shape index (κ2) is 7.45. The van der Waals surface area contributed by atoms with Crippen molar-refractivity contribution in [1.29, 1.82) is 0 Å². The van der Waals surface area contributed by atoms with Gasteiger partial charge in [-0.05, 0) is 19.3 Å². The molecule has 6 heteroatoms. The maximum atomic E-state index is 11.9. The maximum absolute atomic E-state index is 11.9. The van der Waals surface area contributed by atoms with E-state index in [4.69, 9.17) is 4.74 Å². The quantitative estimate of drug-likeness (QED) is 0.695. The van der Waals surface area contributed by atoms with E-state index < -0.39 is 12.8 Å². The van der Waals surface area contributed by atoms with E-state index in [1.807, 2.05) is 0 Å². The fraction of sp³-hybridized carbons (Fsp3) is 1.00. The summed E-state index contributed by atoms with van der Waals surface area (Å²) in [4.78, 5) is 0. The fourth-order valence-corrected chi connectivity index (χ4v) is 2.23. The van der Waals surface area contributed by atoms with Gasteiger partial charge in [0.25, 0.3) is 0 Å². The minimum absolute atomic E-state index is 0.0614. The second-order valence-corrected chi connectivity index (χ2v) is 5.61. The zero-order valence-corrected chi connectivity index (χ0v) is 11.7. The van der Waals surface area contributed by atoms with Crippen molar-refractivity contribution in [2.24, 2.45) is 5.41 Å². The highest BCUT2D eigenvalue weighted by Crippen LogP contribution is 2.33. The van der Waals surface area contributed by atoms with Gasteiger partial charge in [-0.25, -0.2) is 0 Å². The Morgan fingerprint density at radius 2 is 2.11 bits per heavy atom. The predicted octanol–water partition coefficient (Wildman–Crippen LogP) is 2.75. The zero-order valence-electron chi connectivity index (χ0n) is 11.7. The molecule has 0 aromatic heterocycles. The van der Waals surface area contributed by atoms with Crippen LogP contribution in [0.5, 0.6) is 0 Å². The van der Waals surface area contributed by atoms with E-state index in [9.17, 15) is 13.2 Å². The Morgan fingerprint density at radius 3 is 2.63 bits per heavy atom. The summed E-state index contributed by atoms with van der Waals surface area (Å²) in [7, 11) is 0. The van der Waals surface area contributed by atoms with Gasteiger partial charge in [0.1, 0.15) is 6.61 Å². The monoisotopic (exact) mass is 283 g/mol. The van der Waals surface area contributed by atoms with Gasteiger partial charge in [-0.1, -0.05) is 13.8 Å². The Hall–Kier alpha value is -0.330.